The second-order valence-electron chi connectivity index (χ2n) is 3.13. The quantitative estimate of drug-likeness (QED) is 0.621. The van der Waals surface area contributed by atoms with E-state index in [1.54, 1.807) is 0 Å². The van der Waals surface area contributed by atoms with E-state index in [9.17, 15) is 18.9 Å². The molecule has 82 valence electrons. The van der Waals surface area contributed by atoms with Gasteiger partial charge in [-0.2, -0.15) is 0 Å². The molecule has 0 heterocycles. The summed E-state index contributed by atoms with van der Waals surface area (Å²) >= 11 is 0. The molecule has 0 aliphatic heterocycles. The van der Waals surface area contributed by atoms with Crippen LogP contribution >= 0.6 is 0 Å². The molecule has 2 N–H and O–H groups in total. The monoisotopic (exact) mass is 216 g/mol. The lowest BCUT2D eigenvalue weighted by Gasteiger charge is -2.13. The lowest BCUT2D eigenvalue weighted by Crippen LogP contribution is -2.21. The maximum atomic E-state index is 12.4. The molecule has 0 radical (unpaired) electrons. The SMILES string of the molecule is Cc1cccc([N+](=O)[O-])c1C(N)C(F)F. The Kier molecular flexibility index (Phi) is 3.31. The van der Waals surface area contributed by atoms with E-state index in [0.717, 1.165) is 0 Å². The molecule has 1 rings (SSSR count). The summed E-state index contributed by atoms with van der Waals surface area (Å²) in [5.41, 5.74) is 5.16. The molecule has 6 heteroatoms. The van der Waals surface area contributed by atoms with Gasteiger partial charge in [0.05, 0.1) is 16.5 Å². The van der Waals surface area contributed by atoms with Crippen LogP contribution in [-0.2, 0) is 0 Å². The minimum Gasteiger partial charge on any atom is -0.319 e. The van der Waals surface area contributed by atoms with Crippen LogP contribution in [0, 0.1) is 17.0 Å². The number of nitrogens with two attached hydrogens (primary N) is 1. The first-order valence-electron chi connectivity index (χ1n) is 4.22. The number of benzene rings is 1. The minimum atomic E-state index is -2.82. The molecule has 1 aromatic carbocycles. The highest BCUT2D eigenvalue weighted by Crippen LogP contribution is 2.30. The van der Waals surface area contributed by atoms with Gasteiger partial charge in [0, 0.05) is 6.07 Å². The van der Waals surface area contributed by atoms with Crippen molar-refractivity contribution in [3.63, 3.8) is 0 Å². The maximum Gasteiger partial charge on any atom is 0.274 e. The summed E-state index contributed by atoms with van der Waals surface area (Å²) in [6, 6.07) is 2.51. The van der Waals surface area contributed by atoms with Crippen LogP contribution in [0.15, 0.2) is 18.2 Å². The van der Waals surface area contributed by atoms with Crippen molar-refractivity contribution in [1.29, 1.82) is 0 Å². The molecule has 0 aliphatic rings. The summed E-state index contributed by atoms with van der Waals surface area (Å²) in [5.74, 6) is 0. The maximum absolute atomic E-state index is 12.4. The Morgan fingerprint density at radius 3 is 2.53 bits per heavy atom. The van der Waals surface area contributed by atoms with Gasteiger partial charge in [-0.3, -0.25) is 10.1 Å². The molecule has 1 aromatic rings. The van der Waals surface area contributed by atoms with Gasteiger partial charge in [-0.05, 0) is 12.5 Å². The van der Waals surface area contributed by atoms with Crippen molar-refractivity contribution in [3.8, 4) is 0 Å². The van der Waals surface area contributed by atoms with Crippen LogP contribution in [0.4, 0.5) is 14.5 Å². The molecule has 0 amide bonds. The smallest absolute Gasteiger partial charge is 0.274 e. The zero-order valence-corrected chi connectivity index (χ0v) is 7.98. The van der Waals surface area contributed by atoms with Crippen LogP contribution in [0.25, 0.3) is 0 Å². The zero-order chi connectivity index (χ0) is 11.6. The molecule has 0 bridgehead atoms. The van der Waals surface area contributed by atoms with Gasteiger partial charge in [0.15, 0.2) is 0 Å². The third kappa shape index (κ3) is 2.27. The Bertz CT molecular complexity index is 382. The zero-order valence-electron chi connectivity index (χ0n) is 7.98. The van der Waals surface area contributed by atoms with Gasteiger partial charge in [0.25, 0.3) is 12.1 Å². The Labute approximate surface area is 84.9 Å². The fourth-order valence-electron chi connectivity index (χ4n) is 1.38. The summed E-state index contributed by atoms with van der Waals surface area (Å²) in [5, 5.41) is 10.6. The van der Waals surface area contributed by atoms with Crippen LogP contribution in [0.3, 0.4) is 0 Å². The normalized spacial score (nSPS) is 12.9. The Balaban J connectivity index is 3.30. The number of nitro groups is 1. The lowest BCUT2D eigenvalue weighted by molar-refractivity contribution is -0.385. The molecule has 15 heavy (non-hydrogen) atoms. The molecular formula is C9H10F2N2O2. The fraction of sp³-hybridized carbons (Fsp3) is 0.333. The van der Waals surface area contributed by atoms with Crippen molar-refractivity contribution in [2.24, 2.45) is 5.73 Å². The Morgan fingerprint density at radius 2 is 2.07 bits per heavy atom. The molecule has 0 saturated carbocycles. The minimum absolute atomic E-state index is 0.0995. The molecule has 0 saturated heterocycles. The van der Waals surface area contributed by atoms with E-state index in [4.69, 9.17) is 5.73 Å². The van der Waals surface area contributed by atoms with Crippen molar-refractivity contribution in [1.82, 2.24) is 0 Å². The molecule has 1 atom stereocenters. The summed E-state index contributed by atoms with van der Waals surface area (Å²) < 4.78 is 24.8. The first kappa shape index (κ1) is 11.5. The average molecular weight is 216 g/mol. The molecule has 0 spiro atoms. The summed E-state index contributed by atoms with van der Waals surface area (Å²) in [6.45, 7) is 1.52. The first-order chi connectivity index (χ1) is 6.95. The predicted octanol–water partition coefficient (Wildman–Crippen LogP) is 2.17. The van der Waals surface area contributed by atoms with Crippen molar-refractivity contribution in [2.75, 3.05) is 0 Å². The van der Waals surface area contributed by atoms with Crippen LogP contribution < -0.4 is 5.73 Å². The van der Waals surface area contributed by atoms with Gasteiger partial charge in [0.2, 0.25) is 0 Å². The van der Waals surface area contributed by atoms with Crippen molar-refractivity contribution >= 4 is 5.69 Å². The third-order valence-corrected chi connectivity index (χ3v) is 2.10. The van der Waals surface area contributed by atoms with Crippen LogP contribution in [0.5, 0.6) is 0 Å². The van der Waals surface area contributed by atoms with Gasteiger partial charge < -0.3 is 5.73 Å². The largest absolute Gasteiger partial charge is 0.319 e. The number of nitrogens with zero attached hydrogens (tertiary/aromatic N) is 1. The second-order valence-corrected chi connectivity index (χ2v) is 3.13. The van der Waals surface area contributed by atoms with E-state index in [2.05, 4.69) is 0 Å². The summed E-state index contributed by atoms with van der Waals surface area (Å²) in [7, 11) is 0. The van der Waals surface area contributed by atoms with Crippen LogP contribution in [0.1, 0.15) is 17.2 Å². The van der Waals surface area contributed by atoms with E-state index in [0.29, 0.717) is 5.56 Å². The Hall–Kier alpha value is -1.56. The fourth-order valence-corrected chi connectivity index (χ4v) is 1.38. The lowest BCUT2D eigenvalue weighted by atomic mass is 10.00. The van der Waals surface area contributed by atoms with Gasteiger partial charge in [-0.15, -0.1) is 0 Å². The predicted molar refractivity (Wildman–Crippen MR) is 50.8 cm³/mol. The van der Waals surface area contributed by atoms with Crippen LogP contribution in [0.2, 0.25) is 0 Å². The van der Waals surface area contributed by atoms with Gasteiger partial charge in [0.1, 0.15) is 0 Å². The number of hydrogen-bond donors (Lipinski definition) is 1. The molecule has 0 aliphatic carbocycles. The van der Waals surface area contributed by atoms with E-state index < -0.39 is 17.4 Å². The number of rotatable bonds is 3. The van der Waals surface area contributed by atoms with Crippen molar-refractivity contribution < 1.29 is 13.7 Å². The first-order valence-corrected chi connectivity index (χ1v) is 4.22. The topological polar surface area (TPSA) is 69.2 Å². The molecule has 1 unspecified atom stereocenters. The highest BCUT2D eigenvalue weighted by Gasteiger charge is 2.27. The van der Waals surface area contributed by atoms with Crippen LogP contribution in [-0.4, -0.2) is 11.3 Å². The van der Waals surface area contributed by atoms with E-state index >= 15 is 0 Å². The molecular weight excluding hydrogens is 206 g/mol. The number of nitro benzene ring substituents is 1. The number of hydrogen-bond acceptors (Lipinski definition) is 3. The van der Waals surface area contributed by atoms with E-state index in [-0.39, 0.29) is 11.3 Å². The molecule has 0 fully saturated rings. The summed E-state index contributed by atoms with van der Waals surface area (Å²) in [4.78, 5) is 9.90. The van der Waals surface area contributed by atoms with Gasteiger partial charge >= 0.3 is 0 Å². The Morgan fingerprint density at radius 1 is 1.47 bits per heavy atom. The molecule has 0 aromatic heterocycles. The van der Waals surface area contributed by atoms with Crippen molar-refractivity contribution in [3.05, 3.63) is 39.4 Å². The standard InChI is InChI=1S/C9H10F2N2O2/c1-5-3-2-4-6(13(14)15)7(5)8(12)9(10)11/h2-4,8-9H,12H2,1H3. The highest BCUT2D eigenvalue weighted by atomic mass is 19.3. The van der Waals surface area contributed by atoms with Crippen molar-refractivity contribution in [2.45, 2.75) is 19.4 Å². The number of aryl methyl sites for hydroxylation is 1. The number of halogens is 2. The molecule has 4 nitrogen and oxygen atoms in total. The highest BCUT2D eigenvalue weighted by molar-refractivity contribution is 5.47. The van der Waals surface area contributed by atoms with E-state index in [1.807, 2.05) is 0 Å². The summed E-state index contributed by atoms with van der Waals surface area (Å²) in [6.07, 6.45) is -2.82. The second kappa shape index (κ2) is 4.31. The average Bonchev–Trinajstić information content (AvgIpc) is 2.16. The number of alkyl halides is 2. The van der Waals surface area contributed by atoms with E-state index in [1.165, 1.54) is 25.1 Å². The van der Waals surface area contributed by atoms with Gasteiger partial charge in [-0.1, -0.05) is 12.1 Å². The van der Waals surface area contributed by atoms with Gasteiger partial charge in [-0.25, -0.2) is 8.78 Å². The third-order valence-electron chi connectivity index (χ3n) is 2.10.